The third-order valence-electron chi connectivity index (χ3n) is 6.08. The Labute approximate surface area is 134 Å². The fraction of sp³-hybridized carbons (Fsp3) is 1.00. The summed E-state index contributed by atoms with van der Waals surface area (Å²) >= 11 is 0. The van der Waals surface area contributed by atoms with E-state index in [4.69, 9.17) is 0 Å². The monoisotopic (exact) mass is 296 g/mol. The Balaban J connectivity index is 2.76. The summed E-state index contributed by atoms with van der Waals surface area (Å²) < 4.78 is 0. The van der Waals surface area contributed by atoms with Crippen LogP contribution in [-0.2, 0) is 0 Å². The van der Waals surface area contributed by atoms with Crippen molar-refractivity contribution in [1.82, 2.24) is 10.2 Å². The Morgan fingerprint density at radius 1 is 1.05 bits per heavy atom. The van der Waals surface area contributed by atoms with Gasteiger partial charge >= 0.3 is 0 Å². The van der Waals surface area contributed by atoms with Gasteiger partial charge in [-0.2, -0.15) is 0 Å². The van der Waals surface area contributed by atoms with Gasteiger partial charge in [0.15, 0.2) is 0 Å². The molecule has 3 atom stereocenters. The summed E-state index contributed by atoms with van der Waals surface area (Å²) in [4.78, 5) is 2.59. The maximum atomic E-state index is 3.75. The van der Waals surface area contributed by atoms with E-state index in [1.807, 2.05) is 0 Å². The largest absolute Gasteiger partial charge is 0.314 e. The molecule has 2 heteroatoms. The maximum absolute atomic E-state index is 3.75. The van der Waals surface area contributed by atoms with Gasteiger partial charge < -0.3 is 10.2 Å². The molecular formula is C19H40N2. The maximum Gasteiger partial charge on any atom is 0.0147 e. The molecule has 1 rings (SSSR count). The Morgan fingerprint density at radius 2 is 1.67 bits per heavy atom. The third-order valence-corrected chi connectivity index (χ3v) is 6.08. The van der Waals surface area contributed by atoms with Gasteiger partial charge in [0.25, 0.3) is 0 Å². The van der Waals surface area contributed by atoms with E-state index < -0.39 is 0 Å². The zero-order valence-electron chi connectivity index (χ0n) is 15.9. The first-order valence-corrected chi connectivity index (χ1v) is 9.06. The van der Waals surface area contributed by atoms with Gasteiger partial charge in [0.2, 0.25) is 0 Å². The molecule has 3 unspecified atom stereocenters. The van der Waals surface area contributed by atoms with Gasteiger partial charge in [0, 0.05) is 18.1 Å². The number of hydrogen-bond donors (Lipinski definition) is 1. The first-order chi connectivity index (χ1) is 9.61. The molecule has 0 spiro atoms. The van der Waals surface area contributed by atoms with E-state index >= 15 is 0 Å². The van der Waals surface area contributed by atoms with Crippen molar-refractivity contribution in [3.05, 3.63) is 0 Å². The van der Waals surface area contributed by atoms with Crippen LogP contribution in [0.25, 0.3) is 0 Å². The third kappa shape index (κ3) is 5.25. The Morgan fingerprint density at radius 3 is 2.14 bits per heavy atom. The fourth-order valence-corrected chi connectivity index (χ4v) is 3.65. The lowest BCUT2D eigenvalue weighted by molar-refractivity contribution is 0.0615. The molecule has 0 radical (unpaired) electrons. The zero-order valence-corrected chi connectivity index (χ0v) is 15.9. The van der Waals surface area contributed by atoms with Crippen molar-refractivity contribution in [2.24, 2.45) is 17.3 Å². The minimum atomic E-state index is 0.311. The van der Waals surface area contributed by atoms with Crippen LogP contribution in [-0.4, -0.2) is 36.6 Å². The van der Waals surface area contributed by atoms with Crippen LogP contribution in [0.4, 0.5) is 0 Å². The quantitative estimate of drug-likeness (QED) is 0.773. The molecule has 0 aromatic heterocycles. The van der Waals surface area contributed by atoms with E-state index in [0.29, 0.717) is 17.0 Å². The van der Waals surface area contributed by atoms with Gasteiger partial charge in [0.05, 0.1) is 0 Å². The topological polar surface area (TPSA) is 15.3 Å². The summed E-state index contributed by atoms with van der Waals surface area (Å²) in [5.74, 6) is 1.66. The highest BCUT2D eigenvalue weighted by Gasteiger charge is 2.37. The van der Waals surface area contributed by atoms with Crippen molar-refractivity contribution in [2.45, 2.75) is 85.7 Å². The van der Waals surface area contributed by atoms with E-state index in [1.165, 1.54) is 32.2 Å². The normalized spacial score (nSPS) is 28.1. The predicted molar refractivity (Wildman–Crippen MR) is 94.8 cm³/mol. The number of rotatable bonds is 6. The molecule has 0 aliphatic heterocycles. The van der Waals surface area contributed by atoms with Gasteiger partial charge in [-0.3, -0.25) is 0 Å². The Hall–Kier alpha value is -0.0800. The molecule has 126 valence electrons. The molecular weight excluding hydrogens is 256 g/mol. The smallest absolute Gasteiger partial charge is 0.0147 e. The lowest BCUT2D eigenvalue weighted by Crippen LogP contribution is -2.50. The molecule has 1 aliphatic carbocycles. The average molecular weight is 297 g/mol. The van der Waals surface area contributed by atoms with Crippen molar-refractivity contribution in [1.29, 1.82) is 0 Å². The second-order valence-electron chi connectivity index (χ2n) is 8.85. The van der Waals surface area contributed by atoms with Crippen LogP contribution in [0.15, 0.2) is 0 Å². The average Bonchev–Trinajstić information content (AvgIpc) is 2.39. The summed E-state index contributed by atoms with van der Waals surface area (Å²) in [5, 5.41) is 3.75. The summed E-state index contributed by atoms with van der Waals surface area (Å²) in [5.41, 5.74) is 0.764. The number of nitrogens with one attached hydrogen (secondary N) is 1. The van der Waals surface area contributed by atoms with Crippen molar-refractivity contribution in [3.8, 4) is 0 Å². The van der Waals surface area contributed by atoms with Gasteiger partial charge in [-0.25, -0.2) is 0 Å². The van der Waals surface area contributed by atoms with Crippen LogP contribution in [0.3, 0.4) is 0 Å². The molecule has 0 aromatic carbocycles. The molecule has 0 amide bonds. The first-order valence-electron chi connectivity index (χ1n) is 9.06. The minimum Gasteiger partial charge on any atom is -0.314 e. The van der Waals surface area contributed by atoms with Crippen LogP contribution < -0.4 is 5.32 Å². The molecule has 1 N–H and O–H groups in total. The Kier molecular flexibility index (Phi) is 6.74. The number of nitrogens with zero attached hydrogens (tertiary/aromatic N) is 1. The van der Waals surface area contributed by atoms with Crippen molar-refractivity contribution in [2.75, 3.05) is 20.1 Å². The van der Waals surface area contributed by atoms with Crippen molar-refractivity contribution >= 4 is 0 Å². The highest BCUT2D eigenvalue weighted by molar-refractivity contribution is 4.91. The summed E-state index contributed by atoms with van der Waals surface area (Å²) in [6.07, 6.45) is 5.33. The second-order valence-corrected chi connectivity index (χ2v) is 8.85. The summed E-state index contributed by atoms with van der Waals surface area (Å²) in [6.45, 7) is 18.9. The summed E-state index contributed by atoms with van der Waals surface area (Å²) in [7, 11) is 2.31. The predicted octanol–water partition coefficient (Wildman–Crippen LogP) is 4.55. The molecule has 0 bridgehead atoms. The van der Waals surface area contributed by atoms with Gasteiger partial charge in [0.1, 0.15) is 0 Å². The highest BCUT2D eigenvalue weighted by Crippen LogP contribution is 2.41. The van der Waals surface area contributed by atoms with Crippen LogP contribution in [0, 0.1) is 17.3 Å². The van der Waals surface area contributed by atoms with E-state index in [2.05, 4.69) is 65.7 Å². The molecule has 1 saturated carbocycles. The first kappa shape index (κ1) is 19.0. The lowest BCUT2D eigenvalue weighted by Gasteiger charge is -2.45. The summed E-state index contributed by atoms with van der Waals surface area (Å²) in [6, 6.07) is 0.712. The standard InChI is InChI=1S/C19H40N2/c1-9-19(6,7)21(8)14-15-13-16(18(3,4)5)11-12-17(15)20-10-2/h15-17,20H,9-14H2,1-8H3. The van der Waals surface area contributed by atoms with Crippen LogP contribution in [0.5, 0.6) is 0 Å². The molecule has 0 heterocycles. The molecule has 1 fully saturated rings. The fourth-order valence-electron chi connectivity index (χ4n) is 3.65. The van der Waals surface area contributed by atoms with E-state index in [0.717, 1.165) is 18.4 Å². The lowest BCUT2D eigenvalue weighted by atomic mass is 9.67. The molecule has 1 aliphatic rings. The molecule has 0 saturated heterocycles. The Bertz CT molecular complexity index is 303. The van der Waals surface area contributed by atoms with Crippen molar-refractivity contribution in [3.63, 3.8) is 0 Å². The van der Waals surface area contributed by atoms with Crippen LogP contribution in [0.1, 0.15) is 74.1 Å². The molecule has 21 heavy (non-hydrogen) atoms. The second kappa shape index (κ2) is 7.46. The zero-order chi connectivity index (χ0) is 16.3. The highest BCUT2D eigenvalue weighted by atomic mass is 15.2. The van der Waals surface area contributed by atoms with Crippen LogP contribution in [0.2, 0.25) is 0 Å². The minimum absolute atomic E-state index is 0.311. The van der Waals surface area contributed by atoms with E-state index in [9.17, 15) is 0 Å². The van der Waals surface area contributed by atoms with Gasteiger partial charge in [-0.1, -0.05) is 34.6 Å². The molecule has 2 nitrogen and oxygen atoms in total. The molecule has 0 aromatic rings. The van der Waals surface area contributed by atoms with Crippen molar-refractivity contribution < 1.29 is 0 Å². The van der Waals surface area contributed by atoms with E-state index in [1.54, 1.807) is 0 Å². The SMILES string of the molecule is CCNC1CCC(C(C)(C)C)CC1CN(C)C(C)(C)CC. The van der Waals surface area contributed by atoms with E-state index in [-0.39, 0.29) is 0 Å². The number of hydrogen-bond acceptors (Lipinski definition) is 2. The van der Waals surface area contributed by atoms with Gasteiger partial charge in [-0.15, -0.1) is 0 Å². The van der Waals surface area contributed by atoms with Gasteiger partial charge in [-0.05, 0) is 70.4 Å². The van der Waals surface area contributed by atoms with Crippen LogP contribution >= 0.6 is 0 Å².